The fraction of sp³-hybridized carbons (Fsp3) is 0.632. The normalized spacial score (nSPS) is 17.5. The van der Waals surface area contributed by atoms with Crippen LogP contribution in [0.25, 0.3) is 0 Å². The molecule has 13 heteroatoms. The Labute approximate surface area is 306 Å². The van der Waals surface area contributed by atoms with Crippen molar-refractivity contribution in [3.8, 4) is 0 Å². The zero-order chi connectivity index (χ0) is 37.8. The zero-order valence-electron chi connectivity index (χ0n) is 31.6. The van der Waals surface area contributed by atoms with Gasteiger partial charge in [0.2, 0.25) is 11.8 Å². The van der Waals surface area contributed by atoms with Gasteiger partial charge in [0.15, 0.2) is 6.10 Å². The number of thiazole rings is 1. The van der Waals surface area contributed by atoms with Crippen molar-refractivity contribution in [2.45, 2.75) is 117 Å². The van der Waals surface area contributed by atoms with Gasteiger partial charge in [0, 0.05) is 37.4 Å². The molecule has 0 saturated carbocycles. The van der Waals surface area contributed by atoms with E-state index in [0.29, 0.717) is 22.7 Å². The number of likely N-dealkylation sites (N-methyl/N-ethyl adjacent to an activating group) is 1. The monoisotopic (exact) mass is 727 g/mol. The molecule has 1 saturated heterocycles. The predicted molar refractivity (Wildman–Crippen MR) is 197 cm³/mol. The summed E-state index contributed by atoms with van der Waals surface area (Å²) in [6.45, 7) is 13.4. The van der Waals surface area contributed by atoms with E-state index in [1.807, 2.05) is 58.0 Å². The quantitative estimate of drug-likeness (QED) is 0.196. The number of hydrogen-bond donors (Lipinski definition) is 3. The number of benzene rings is 1. The van der Waals surface area contributed by atoms with Gasteiger partial charge in [0.1, 0.15) is 16.7 Å². The van der Waals surface area contributed by atoms with Crippen LogP contribution in [0.4, 0.5) is 0 Å². The van der Waals surface area contributed by atoms with Crippen LogP contribution >= 0.6 is 11.3 Å². The molecule has 1 fully saturated rings. The summed E-state index contributed by atoms with van der Waals surface area (Å²) in [7, 11) is 3.06. The summed E-state index contributed by atoms with van der Waals surface area (Å²) in [4.78, 5) is 72.5. The number of amides is 3. The average Bonchev–Trinajstić information content (AvgIpc) is 3.49. The van der Waals surface area contributed by atoms with Gasteiger partial charge in [-0.3, -0.25) is 24.0 Å². The highest BCUT2D eigenvalue weighted by molar-refractivity contribution is 7.12. The number of carbonyl (C=O) groups is 5. The van der Waals surface area contributed by atoms with Crippen LogP contribution in [-0.2, 0) is 35.1 Å². The van der Waals surface area contributed by atoms with E-state index < -0.39 is 29.9 Å². The number of aryl methyl sites for hydroxylation is 1. The second-order valence-corrected chi connectivity index (χ2v) is 15.5. The molecule has 3 N–H and O–H groups in total. The van der Waals surface area contributed by atoms with E-state index in [4.69, 9.17) is 14.5 Å². The third kappa shape index (κ3) is 12.1. The number of rotatable bonds is 17. The molecule has 1 unspecified atom stereocenters. The van der Waals surface area contributed by atoms with E-state index in [1.54, 1.807) is 25.8 Å². The maximum Gasteiger partial charge on any atom is 0.308 e. The first-order chi connectivity index (χ1) is 24.1. The molecular formula is C38H57N5O7S. The highest BCUT2D eigenvalue weighted by Gasteiger charge is 2.36. The van der Waals surface area contributed by atoms with Crippen LogP contribution in [0.2, 0.25) is 0 Å². The molecule has 3 rings (SSSR count). The van der Waals surface area contributed by atoms with Gasteiger partial charge in [-0.1, -0.05) is 71.4 Å². The Morgan fingerprint density at radius 3 is 2.25 bits per heavy atom. The predicted octanol–water partition coefficient (Wildman–Crippen LogP) is 4.75. The molecule has 0 bridgehead atoms. The number of methoxy groups -OCH3 is 1. The summed E-state index contributed by atoms with van der Waals surface area (Å²) in [6.07, 6.45) is 3.00. The Hall–Kier alpha value is -3.84. The van der Waals surface area contributed by atoms with E-state index >= 15 is 0 Å². The highest BCUT2D eigenvalue weighted by atomic mass is 32.1. The Balaban J connectivity index is 1.83. The van der Waals surface area contributed by atoms with E-state index in [-0.39, 0.29) is 59.9 Å². The van der Waals surface area contributed by atoms with Gasteiger partial charge in [-0.15, -0.1) is 11.3 Å². The molecule has 6 atom stereocenters. The van der Waals surface area contributed by atoms with Crippen molar-refractivity contribution in [2.24, 2.45) is 17.8 Å². The second kappa shape index (κ2) is 19.7. The van der Waals surface area contributed by atoms with Crippen molar-refractivity contribution >= 4 is 41.0 Å². The van der Waals surface area contributed by atoms with Crippen molar-refractivity contribution in [1.29, 1.82) is 0 Å². The average molecular weight is 728 g/mol. The molecule has 1 aromatic heterocycles. The van der Waals surface area contributed by atoms with Crippen LogP contribution in [0.5, 0.6) is 0 Å². The van der Waals surface area contributed by atoms with Gasteiger partial charge in [-0.25, -0.2) is 4.98 Å². The summed E-state index contributed by atoms with van der Waals surface area (Å²) >= 11 is 1.26. The molecule has 0 radical (unpaired) electrons. The van der Waals surface area contributed by atoms with E-state index in [2.05, 4.69) is 16.0 Å². The van der Waals surface area contributed by atoms with Crippen molar-refractivity contribution in [3.05, 3.63) is 51.5 Å². The number of carbonyl (C=O) groups excluding carboxylic acids is 5. The molecule has 1 aliphatic heterocycles. The smallest absolute Gasteiger partial charge is 0.308 e. The summed E-state index contributed by atoms with van der Waals surface area (Å²) < 4.78 is 10.7. The molecule has 51 heavy (non-hydrogen) atoms. The third-order valence-electron chi connectivity index (χ3n) is 9.44. The molecule has 0 aliphatic carbocycles. The minimum Gasteiger partial charge on any atom is -0.469 e. The molecular weight excluding hydrogens is 671 g/mol. The largest absolute Gasteiger partial charge is 0.469 e. The maximum absolute atomic E-state index is 14.0. The number of aromatic nitrogens is 1. The number of piperidine rings is 1. The topological polar surface area (TPSA) is 156 Å². The summed E-state index contributed by atoms with van der Waals surface area (Å²) in [5.74, 6) is -2.31. The summed E-state index contributed by atoms with van der Waals surface area (Å²) in [5, 5.41) is 9.76. The highest BCUT2D eigenvalue weighted by Crippen LogP contribution is 2.33. The van der Waals surface area contributed by atoms with Gasteiger partial charge in [-0.05, 0) is 56.6 Å². The van der Waals surface area contributed by atoms with Crippen LogP contribution in [-0.4, -0.2) is 84.4 Å². The molecule has 2 aromatic rings. The fourth-order valence-electron chi connectivity index (χ4n) is 6.56. The van der Waals surface area contributed by atoms with Gasteiger partial charge in [-0.2, -0.15) is 0 Å². The first-order valence-corrected chi connectivity index (χ1v) is 18.8. The number of nitrogens with one attached hydrogen (secondary N) is 3. The lowest BCUT2D eigenvalue weighted by atomic mass is 9.94. The number of hydrogen-bond acceptors (Lipinski definition) is 10. The Morgan fingerprint density at radius 1 is 1.00 bits per heavy atom. The minimum atomic E-state index is -0.826. The molecule has 0 spiro atoms. The van der Waals surface area contributed by atoms with Crippen LogP contribution in [0.3, 0.4) is 0 Å². The van der Waals surface area contributed by atoms with Gasteiger partial charge >= 0.3 is 11.9 Å². The zero-order valence-corrected chi connectivity index (χ0v) is 32.4. The standard InChI is InChI=1S/C38H57N5O7S/c1-22(2)30(43(8)37(47)32(23(3)4)41-34(45)29-17-13-14-18-39-29)21-31(50-26(7)44)36-42-33(25(6)51-36)35(46)40-28(19-24(5)38(48)49-9)20-27-15-11-10-12-16-27/h10-12,15-16,22-24,28-32,39H,13-14,17-21H2,1-9H3,(H,40,46)(H,41,45)/t24-,28+,29+,30?,31+,32-/m0/s1. The Kier molecular flexibility index (Phi) is 16.0. The number of nitrogens with zero attached hydrogens (tertiary/aromatic N) is 2. The SMILES string of the molecule is COC(=O)[C@@H](C)C[C@H](Cc1ccccc1)NC(=O)c1nc([C@@H](CC(C(C)C)N(C)C(=O)[C@@H](NC(=O)[C@H]2CCCCN2)C(C)C)OC(C)=O)sc1C. The van der Waals surface area contributed by atoms with Crippen LogP contribution in [0.1, 0.15) is 106 Å². The van der Waals surface area contributed by atoms with Crippen molar-refractivity contribution in [1.82, 2.24) is 25.8 Å². The minimum absolute atomic E-state index is 0.0418. The third-order valence-corrected chi connectivity index (χ3v) is 10.5. The first kappa shape index (κ1) is 41.6. The van der Waals surface area contributed by atoms with Crippen molar-refractivity contribution < 1.29 is 33.4 Å². The number of ether oxygens (including phenoxy) is 2. The molecule has 1 aliphatic rings. The van der Waals surface area contributed by atoms with Crippen LogP contribution < -0.4 is 16.0 Å². The first-order valence-electron chi connectivity index (χ1n) is 18.0. The van der Waals surface area contributed by atoms with Gasteiger partial charge < -0.3 is 30.3 Å². The van der Waals surface area contributed by atoms with Gasteiger partial charge in [0.05, 0.1) is 19.1 Å². The molecule has 1 aromatic carbocycles. The van der Waals surface area contributed by atoms with Crippen LogP contribution in [0.15, 0.2) is 30.3 Å². The molecule has 12 nitrogen and oxygen atoms in total. The molecule has 2 heterocycles. The fourth-order valence-corrected chi connectivity index (χ4v) is 7.52. The van der Waals surface area contributed by atoms with E-state index in [9.17, 15) is 24.0 Å². The van der Waals surface area contributed by atoms with Crippen molar-refractivity contribution in [2.75, 3.05) is 20.7 Å². The number of esters is 2. The van der Waals surface area contributed by atoms with E-state index in [1.165, 1.54) is 25.4 Å². The molecule has 3 amide bonds. The summed E-state index contributed by atoms with van der Waals surface area (Å²) in [5.41, 5.74) is 1.22. The summed E-state index contributed by atoms with van der Waals surface area (Å²) in [6, 6.07) is 7.88. The lowest BCUT2D eigenvalue weighted by Gasteiger charge is -2.37. The second-order valence-electron chi connectivity index (χ2n) is 14.3. The van der Waals surface area contributed by atoms with Crippen molar-refractivity contribution in [3.63, 3.8) is 0 Å². The Morgan fingerprint density at radius 2 is 1.69 bits per heavy atom. The lowest BCUT2D eigenvalue weighted by molar-refractivity contribution is -0.149. The molecule has 282 valence electrons. The van der Waals surface area contributed by atoms with E-state index in [0.717, 1.165) is 31.4 Å². The van der Waals surface area contributed by atoms with Gasteiger partial charge in [0.25, 0.3) is 5.91 Å². The van der Waals surface area contributed by atoms with Crippen LogP contribution in [0, 0.1) is 24.7 Å². The lowest BCUT2D eigenvalue weighted by Crippen LogP contribution is -2.57. The maximum atomic E-state index is 14.0. The Bertz CT molecular complexity index is 1470.